The van der Waals surface area contributed by atoms with Crippen LogP contribution in [0.5, 0.6) is 0 Å². The summed E-state index contributed by atoms with van der Waals surface area (Å²) < 4.78 is 49.4. The van der Waals surface area contributed by atoms with E-state index in [2.05, 4.69) is 15.9 Å². The molecule has 21 heavy (non-hydrogen) atoms. The average molecular weight is 435 g/mol. The lowest BCUT2D eigenvalue weighted by atomic mass is 10.1. The quantitative estimate of drug-likeness (QED) is 0.451. The molecule has 0 saturated carbocycles. The molecule has 0 amide bonds. The van der Waals surface area contributed by atoms with Crippen molar-refractivity contribution in [3.63, 3.8) is 0 Å². The minimum atomic E-state index is -3.08. The lowest BCUT2D eigenvalue weighted by Gasteiger charge is -2.21. The van der Waals surface area contributed by atoms with Gasteiger partial charge in [-0.2, -0.15) is 0 Å². The van der Waals surface area contributed by atoms with E-state index in [0.29, 0.717) is 6.42 Å². The molecule has 0 spiro atoms. The van der Waals surface area contributed by atoms with Gasteiger partial charge in [-0.05, 0) is 30.4 Å². The van der Waals surface area contributed by atoms with E-state index in [1.807, 2.05) is 18.5 Å². The summed E-state index contributed by atoms with van der Waals surface area (Å²) in [5.74, 6) is 0.629. The number of thioether (sulfide) groups is 2. The van der Waals surface area contributed by atoms with E-state index in [1.54, 1.807) is 23.5 Å². The second kappa shape index (κ2) is 5.12. The smallest absolute Gasteiger partial charge is 0.229 e. The molecule has 3 saturated heterocycles. The Hall–Kier alpha value is 0.750. The summed E-state index contributed by atoms with van der Waals surface area (Å²) in [4.78, 5) is 0. The summed E-state index contributed by atoms with van der Waals surface area (Å²) in [6.45, 7) is 1.98. The van der Waals surface area contributed by atoms with Gasteiger partial charge in [-0.3, -0.25) is 0 Å². The van der Waals surface area contributed by atoms with E-state index in [9.17, 15) is 16.8 Å². The Morgan fingerprint density at radius 2 is 1.95 bits per heavy atom. The highest BCUT2D eigenvalue weighted by Crippen LogP contribution is 2.57. The maximum absolute atomic E-state index is 12.0. The van der Waals surface area contributed by atoms with Crippen molar-refractivity contribution >= 4 is 63.5 Å². The number of halogens is 1. The maximum Gasteiger partial charge on any atom is 0.271 e. The zero-order chi connectivity index (χ0) is 15.6. The highest BCUT2D eigenvalue weighted by atomic mass is 79.9. The molecule has 0 bridgehead atoms. The fourth-order valence-electron chi connectivity index (χ4n) is 2.95. The second-order valence-corrected chi connectivity index (χ2v) is 14.8. The molecule has 0 aromatic heterocycles. The van der Waals surface area contributed by atoms with Crippen LogP contribution < -0.4 is 0 Å². The molecule has 5 nitrogen and oxygen atoms in total. The molecule has 4 atom stereocenters. The third-order valence-electron chi connectivity index (χ3n) is 4.38. The van der Waals surface area contributed by atoms with Crippen LogP contribution in [0.1, 0.15) is 13.3 Å². The van der Waals surface area contributed by atoms with Gasteiger partial charge in [0, 0.05) is 11.7 Å². The fraction of sp³-hybridized carbons (Fsp3) is 0.909. The van der Waals surface area contributed by atoms with Crippen molar-refractivity contribution in [2.45, 2.75) is 33.5 Å². The van der Waals surface area contributed by atoms with Crippen LogP contribution in [0.25, 0.3) is 0 Å². The lowest BCUT2D eigenvalue weighted by Crippen LogP contribution is -2.34. The van der Waals surface area contributed by atoms with E-state index < -0.39 is 23.8 Å². The number of alkyl halides is 1. The summed E-state index contributed by atoms with van der Waals surface area (Å²) in [6, 6.07) is 0.0119. The third-order valence-corrected chi connectivity index (χ3v) is 14.9. The summed E-state index contributed by atoms with van der Waals surface area (Å²) in [6.07, 6.45) is 0.654. The van der Waals surface area contributed by atoms with Crippen molar-refractivity contribution in [3.05, 3.63) is 0 Å². The Morgan fingerprint density at radius 3 is 2.48 bits per heavy atom. The highest BCUT2D eigenvalue weighted by Gasteiger charge is 2.62. The first kappa shape index (κ1) is 16.6. The molecule has 0 radical (unpaired) electrons. The molecular weight excluding hydrogens is 418 g/mol. The lowest BCUT2D eigenvalue weighted by molar-refractivity contribution is -0.526. The van der Waals surface area contributed by atoms with Gasteiger partial charge in [-0.15, -0.1) is 0 Å². The number of hydrogen-bond acceptors (Lipinski definition) is 6. The van der Waals surface area contributed by atoms with Gasteiger partial charge in [-0.25, -0.2) is 21.4 Å². The average Bonchev–Trinajstić information content (AvgIpc) is 2.93. The molecule has 120 valence electrons. The number of fused-ring (bicyclic) bond motifs is 1. The van der Waals surface area contributed by atoms with Gasteiger partial charge in [0.2, 0.25) is 0 Å². The van der Waals surface area contributed by atoms with Gasteiger partial charge >= 0.3 is 0 Å². The first-order valence-corrected chi connectivity index (χ1v) is 12.7. The molecule has 0 N–H and O–H groups in total. The maximum atomic E-state index is 12.0. The van der Waals surface area contributed by atoms with E-state index in [1.165, 1.54) is 0 Å². The van der Waals surface area contributed by atoms with Crippen molar-refractivity contribution in [1.29, 1.82) is 0 Å². The van der Waals surface area contributed by atoms with E-state index >= 15 is 0 Å². The molecule has 10 heteroatoms. The van der Waals surface area contributed by atoms with Crippen LogP contribution in [0.3, 0.4) is 0 Å². The van der Waals surface area contributed by atoms with Crippen LogP contribution in [0.15, 0.2) is 0 Å². The molecule has 2 unspecified atom stereocenters. The van der Waals surface area contributed by atoms with E-state index in [4.69, 9.17) is 0 Å². The standard InChI is InChI=1S/C11H17BrNO4S4/c1-11-8(6-21(16,17)9(11)12)18-10(19-11)13(2)7-3-4-20(14,15)5-7/h7-9H,3-6H2,1-2H3/q+1/t7?,8-,9?,11-/m1/s1. The molecule has 3 fully saturated rings. The van der Waals surface area contributed by atoms with E-state index in [-0.39, 0.29) is 33.3 Å². The van der Waals surface area contributed by atoms with Crippen LogP contribution in [-0.4, -0.2) is 70.3 Å². The summed E-state index contributed by atoms with van der Waals surface area (Å²) in [5.41, 5.74) is 0. The first-order valence-electron chi connectivity index (χ1n) is 6.57. The van der Waals surface area contributed by atoms with Gasteiger partial charge in [-0.1, -0.05) is 15.9 Å². The van der Waals surface area contributed by atoms with Crippen LogP contribution in [-0.2, 0) is 19.7 Å². The Morgan fingerprint density at radius 1 is 1.29 bits per heavy atom. The Kier molecular flexibility index (Phi) is 4.05. The molecule has 0 aromatic rings. The first-order chi connectivity index (χ1) is 9.55. The zero-order valence-corrected chi connectivity index (χ0v) is 16.5. The Bertz CT molecular complexity index is 717. The van der Waals surface area contributed by atoms with E-state index in [0.717, 1.165) is 4.38 Å². The third kappa shape index (κ3) is 2.72. The minimum absolute atomic E-state index is 0.0119. The van der Waals surface area contributed by atoms with Crippen LogP contribution in [0.4, 0.5) is 0 Å². The SMILES string of the molecule is C[N+](=C1S[C@@H]2CS(=O)(=O)C(Br)[C@]2(C)S1)C1CCS(=O)(=O)C1. The number of hydrogen-bond donors (Lipinski definition) is 0. The largest absolute Gasteiger partial charge is 0.271 e. The van der Waals surface area contributed by atoms with Crippen molar-refractivity contribution in [2.75, 3.05) is 24.3 Å². The molecule has 0 aliphatic carbocycles. The Labute approximate surface area is 142 Å². The van der Waals surface area contributed by atoms with Gasteiger partial charge in [0.15, 0.2) is 25.7 Å². The van der Waals surface area contributed by atoms with Gasteiger partial charge in [0.05, 0.1) is 16.3 Å². The fourth-order valence-corrected chi connectivity index (χ4v) is 12.7. The van der Waals surface area contributed by atoms with Gasteiger partial charge in [0.25, 0.3) is 4.38 Å². The molecular formula is C11H17BrNO4S4+. The molecule has 3 heterocycles. The number of nitrogens with zero attached hydrogens (tertiary/aromatic N) is 1. The summed E-state index contributed by atoms with van der Waals surface area (Å²) in [7, 11) is -4.07. The summed E-state index contributed by atoms with van der Waals surface area (Å²) in [5, 5.41) is 0.0207. The second-order valence-electron chi connectivity index (χ2n) is 5.97. The van der Waals surface area contributed by atoms with Crippen molar-refractivity contribution in [1.82, 2.24) is 0 Å². The number of sulfone groups is 2. The molecule has 3 aliphatic rings. The molecule has 3 aliphatic heterocycles. The van der Waals surface area contributed by atoms with Gasteiger partial charge < -0.3 is 0 Å². The summed E-state index contributed by atoms with van der Waals surface area (Å²) >= 11 is 6.51. The van der Waals surface area contributed by atoms with Crippen LogP contribution in [0, 0.1) is 0 Å². The highest BCUT2D eigenvalue weighted by molar-refractivity contribution is 9.11. The van der Waals surface area contributed by atoms with Crippen molar-refractivity contribution < 1.29 is 21.4 Å². The minimum Gasteiger partial charge on any atom is -0.229 e. The topological polar surface area (TPSA) is 71.3 Å². The van der Waals surface area contributed by atoms with Crippen molar-refractivity contribution in [3.8, 4) is 0 Å². The zero-order valence-electron chi connectivity index (χ0n) is 11.7. The normalized spacial score (nSPS) is 46.5. The number of rotatable bonds is 1. The molecule has 3 rings (SSSR count). The van der Waals surface area contributed by atoms with Crippen LogP contribution >= 0.6 is 39.5 Å². The monoisotopic (exact) mass is 434 g/mol. The Balaban J connectivity index is 1.87. The van der Waals surface area contributed by atoms with Gasteiger partial charge in [0.1, 0.15) is 17.0 Å². The predicted octanol–water partition coefficient (Wildman–Crippen LogP) is 0.929. The van der Waals surface area contributed by atoms with Crippen LogP contribution in [0.2, 0.25) is 0 Å². The van der Waals surface area contributed by atoms with Crippen molar-refractivity contribution in [2.24, 2.45) is 0 Å². The molecule has 0 aromatic carbocycles. The predicted molar refractivity (Wildman–Crippen MR) is 92.1 cm³/mol.